The van der Waals surface area contributed by atoms with Crippen molar-refractivity contribution in [2.24, 2.45) is 0 Å². The molecule has 0 aliphatic carbocycles. The number of unbranched alkanes of at least 4 members (excludes halogenated alkanes) is 1. The van der Waals surface area contributed by atoms with Crippen molar-refractivity contribution in [1.82, 2.24) is 4.98 Å². The molecule has 1 aromatic heterocycles. The number of hydrogen-bond donors (Lipinski definition) is 1. The summed E-state index contributed by atoms with van der Waals surface area (Å²) in [6.45, 7) is 2.79. The minimum atomic E-state index is -0.438. The summed E-state index contributed by atoms with van der Waals surface area (Å²) in [5, 5.41) is 13.7. The van der Waals surface area contributed by atoms with Crippen molar-refractivity contribution in [3.63, 3.8) is 0 Å². The molecule has 0 aliphatic heterocycles. The highest BCUT2D eigenvalue weighted by Crippen LogP contribution is 2.30. The van der Waals surface area contributed by atoms with Gasteiger partial charge in [-0.15, -0.1) is 0 Å². The van der Waals surface area contributed by atoms with Gasteiger partial charge in [0.05, 0.1) is 9.40 Å². The van der Waals surface area contributed by atoms with Crippen LogP contribution in [0.2, 0.25) is 0 Å². The zero-order valence-corrected chi connectivity index (χ0v) is 9.95. The average molecular weight is 274 g/mol. The molecule has 0 fully saturated rings. The Labute approximate surface area is 96.2 Å². The molecule has 0 spiro atoms. The predicted molar refractivity (Wildman–Crippen MR) is 62.0 cm³/mol. The maximum Gasteiger partial charge on any atom is 0.311 e. The molecule has 1 aromatic rings. The van der Waals surface area contributed by atoms with E-state index in [0.717, 1.165) is 19.4 Å². The molecule has 0 bridgehead atoms. The van der Waals surface area contributed by atoms with E-state index >= 15 is 0 Å². The van der Waals surface area contributed by atoms with Gasteiger partial charge < -0.3 is 5.32 Å². The third-order valence-electron chi connectivity index (χ3n) is 1.91. The molecular weight excluding hydrogens is 262 g/mol. The number of rotatable bonds is 5. The predicted octanol–water partition coefficient (Wildman–Crippen LogP) is 2.96. The minimum Gasteiger partial charge on any atom is -0.378 e. The maximum absolute atomic E-state index is 10.7. The number of anilines is 1. The van der Waals surface area contributed by atoms with E-state index in [2.05, 4.69) is 33.2 Å². The fourth-order valence-electron chi connectivity index (χ4n) is 1.13. The molecule has 82 valence electrons. The molecule has 1 rings (SSSR count). The number of halogens is 1. The zero-order chi connectivity index (χ0) is 11.3. The smallest absolute Gasteiger partial charge is 0.311 e. The Bertz CT molecular complexity index is 357. The molecule has 0 amide bonds. The summed E-state index contributed by atoms with van der Waals surface area (Å²) in [5.74, 6) is 0. The van der Waals surface area contributed by atoms with Crippen LogP contribution in [-0.4, -0.2) is 16.5 Å². The molecular formula is C9H12BrN3O2. The van der Waals surface area contributed by atoms with E-state index < -0.39 is 4.92 Å². The first kappa shape index (κ1) is 11.9. The second-order valence-electron chi connectivity index (χ2n) is 3.05. The van der Waals surface area contributed by atoms with Crippen LogP contribution in [0.5, 0.6) is 0 Å². The van der Waals surface area contributed by atoms with Crippen LogP contribution in [0.4, 0.5) is 11.4 Å². The highest BCUT2D eigenvalue weighted by atomic mass is 79.9. The lowest BCUT2D eigenvalue weighted by molar-refractivity contribution is -0.384. The lowest BCUT2D eigenvalue weighted by Crippen LogP contribution is -2.05. The second kappa shape index (κ2) is 5.65. The van der Waals surface area contributed by atoms with Crippen LogP contribution in [0, 0.1) is 10.1 Å². The number of nitro groups is 1. The fraction of sp³-hybridized carbons (Fsp3) is 0.444. The first-order valence-corrected chi connectivity index (χ1v) is 5.48. The van der Waals surface area contributed by atoms with Gasteiger partial charge >= 0.3 is 5.69 Å². The van der Waals surface area contributed by atoms with Crippen LogP contribution in [0.15, 0.2) is 16.9 Å². The number of nitrogens with zero attached hydrogens (tertiary/aromatic N) is 2. The van der Waals surface area contributed by atoms with Gasteiger partial charge in [0.25, 0.3) is 0 Å². The molecule has 1 heterocycles. The SMILES string of the molecule is CCCCNc1c(Br)cncc1[N+](=O)[O-]. The quantitative estimate of drug-likeness (QED) is 0.509. The normalized spacial score (nSPS) is 10.0. The van der Waals surface area contributed by atoms with Crippen molar-refractivity contribution in [2.75, 3.05) is 11.9 Å². The molecule has 0 atom stereocenters. The van der Waals surface area contributed by atoms with Gasteiger partial charge in [0, 0.05) is 12.7 Å². The minimum absolute atomic E-state index is 0.000443. The Morgan fingerprint density at radius 2 is 2.33 bits per heavy atom. The van der Waals surface area contributed by atoms with E-state index in [1.54, 1.807) is 6.20 Å². The number of nitrogens with one attached hydrogen (secondary N) is 1. The van der Waals surface area contributed by atoms with E-state index in [1.165, 1.54) is 6.20 Å². The van der Waals surface area contributed by atoms with Gasteiger partial charge in [-0.2, -0.15) is 0 Å². The van der Waals surface area contributed by atoms with Gasteiger partial charge in [0.1, 0.15) is 11.9 Å². The molecule has 0 radical (unpaired) electrons. The summed E-state index contributed by atoms with van der Waals surface area (Å²) in [6, 6.07) is 0. The van der Waals surface area contributed by atoms with Crippen LogP contribution < -0.4 is 5.32 Å². The van der Waals surface area contributed by atoms with Gasteiger partial charge in [-0.1, -0.05) is 13.3 Å². The average Bonchev–Trinajstić information content (AvgIpc) is 2.20. The van der Waals surface area contributed by atoms with Crippen LogP contribution in [0.1, 0.15) is 19.8 Å². The largest absolute Gasteiger partial charge is 0.378 e. The lowest BCUT2D eigenvalue weighted by atomic mass is 10.3. The van der Waals surface area contributed by atoms with Gasteiger partial charge in [-0.25, -0.2) is 0 Å². The van der Waals surface area contributed by atoms with Crippen LogP contribution in [0.25, 0.3) is 0 Å². The molecule has 15 heavy (non-hydrogen) atoms. The first-order valence-electron chi connectivity index (χ1n) is 4.68. The highest BCUT2D eigenvalue weighted by molar-refractivity contribution is 9.10. The van der Waals surface area contributed by atoms with Gasteiger partial charge in [0.15, 0.2) is 0 Å². The summed E-state index contributed by atoms with van der Waals surface area (Å²) < 4.78 is 0.618. The molecule has 0 saturated heterocycles. The van der Waals surface area contributed by atoms with E-state index in [-0.39, 0.29) is 5.69 Å². The Kier molecular flexibility index (Phi) is 4.48. The molecule has 0 aliphatic rings. The molecule has 0 aromatic carbocycles. The summed E-state index contributed by atoms with van der Waals surface area (Å²) in [6.07, 6.45) is 4.82. The van der Waals surface area contributed by atoms with Crippen LogP contribution >= 0.6 is 15.9 Å². The molecule has 5 nitrogen and oxygen atoms in total. The third kappa shape index (κ3) is 3.16. The number of pyridine rings is 1. The number of aromatic nitrogens is 1. The van der Waals surface area contributed by atoms with E-state index in [9.17, 15) is 10.1 Å². The van der Waals surface area contributed by atoms with Crippen molar-refractivity contribution in [1.29, 1.82) is 0 Å². The molecule has 0 unspecified atom stereocenters. The number of hydrogen-bond acceptors (Lipinski definition) is 4. The third-order valence-corrected chi connectivity index (χ3v) is 2.51. The lowest BCUT2D eigenvalue weighted by Gasteiger charge is -2.07. The molecule has 6 heteroatoms. The Balaban J connectivity index is 2.87. The van der Waals surface area contributed by atoms with Gasteiger partial charge in [0.2, 0.25) is 0 Å². The van der Waals surface area contributed by atoms with Crippen molar-refractivity contribution in [3.8, 4) is 0 Å². The van der Waals surface area contributed by atoms with Crippen molar-refractivity contribution < 1.29 is 4.92 Å². The first-order chi connectivity index (χ1) is 7.16. The highest BCUT2D eigenvalue weighted by Gasteiger charge is 2.16. The monoisotopic (exact) mass is 273 g/mol. The van der Waals surface area contributed by atoms with E-state index in [4.69, 9.17) is 0 Å². The summed E-state index contributed by atoms with van der Waals surface area (Å²) in [4.78, 5) is 14.0. The maximum atomic E-state index is 10.7. The van der Waals surface area contributed by atoms with Gasteiger partial charge in [-0.05, 0) is 22.4 Å². The van der Waals surface area contributed by atoms with E-state index in [1.807, 2.05) is 0 Å². The Morgan fingerprint density at radius 1 is 1.60 bits per heavy atom. The molecule has 1 N–H and O–H groups in total. The second-order valence-corrected chi connectivity index (χ2v) is 3.91. The summed E-state index contributed by atoms with van der Waals surface area (Å²) in [7, 11) is 0. The summed E-state index contributed by atoms with van der Waals surface area (Å²) in [5.41, 5.74) is 0.504. The Morgan fingerprint density at radius 3 is 2.93 bits per heavy atom. The summed E-state index contributed by atoms with van der Waals surface area (Å²) >= 11 is 3.24. The van der Waals surface area contributed by atoms with Gasteiger partial charge in [-0.3, -0.25) is 15.1 Å². The van der Waals surface area contributed by atoms with Crippen LogP contribution in [-0.2, 0) is 0 Å². The van der Waals surface area contributed by atoms with E-state index in [0.29, 0.717) is 10.2 Å². The zero-order valence-electron chi connectivity index (χ0n) is 8.36. The fourth-order valence-corrected chi connectivity index (χ4v) is 1.59. The van der Waals surface area contributed by atoms with Crippen molar-refractivity contribution in [2.45, 2.75) is 19.8 Å². The molecule has 0 saturated carbocycles. The van der Waals surface area contributed by atoms with Crippen molar-refractivity contribution in [3.05, 3.63) is 27.0 Å². The Hall–Kier alpha value is -1.17. The van der Waals surface area contributed by atoms with Crippen molar-refractivity contribution >= 4 is 27.3 Å². The van der Waals surface area contributed by atoms with Crippen LogP contribution in [0.3, 0.4) is 0 Å². The topological polar surface area (TPSA) is 68.1 Å². The standard InChI is InChI=1S/C9H12BrN3O2/c1-2-3-4-12-9-7(10)5-11-6-8(9)13(14)15/h5-6H,2-4H2,1H3,(H,11,12).